The molecule has 6 atom stereocenters. The van der Waals surface area contributed by atoms with Gasteiger partial charge in [0.1, 0.15) is 23.5 Å². The maximum absolute atomic E-state index is 14.4. The van der Waals surface area contributed by atoms with Gasteiger partial charge in [0.25, 0.3) is 5.91 Å². The molecule has 4 fully saturated rings. The Hall–Kier alpha value is -3.56. The molecule has 0 spiro atoms. The van der Waals surface area contributed by atoms with Gasteiger partial charge in [0, 0.05) is 37.6 Å². The largest absolute Gasteiger partial charge is 0.444 e. The Morgan fingerprint density at radius 3 is 2.68 bits per heavy atom. The Kier molecular flexibility index (Phi) is 9.92. The molecule has 15 heteroatoms. The van der Waals surface area contributed by atoms with Crippen molar-refractivity contribution < 1.29 is 41.5 Å². The van der Waals surface area contributed by atoms with Crippen LogP contribution in [0, 0.1) is 11.7 Å². The van der Waals surface area contributed by atoms with Crippen molar-refractivity contribution in [2.24, 2.45) is 5.92 Å². The van der Waals surface area contributed by atoms with Crippen LogP contribution in [0.25, 0.3) is 0 Å². The number of hydrogen-bond acceptors (Lipinski definition) is 9. The zero-order valence-electron chi connectivity index (χ0n) is 28.1. The molecule has 272 valence electrons. The number of allylic oxidation sites excluding steroid dienone is 1. The van der Waals surface area contributed by atoms with Gasteiger partial charge in [-0.1, -0.05) is 37.1 Å². The SMILES string of the molecule is O=C1N[C@]2(C(=O)NS(=O)(=O)C3CC3)C[C@H]2/C=C\CCCCC[C@H](NCC2CCCO2)C(=O)N2C[C@H](OC(=O)N3Cc4cccc(F)c4C3)C[C@@H]12. The van der Waals surface area contributed by atoms with Gasteiger partial charge in [-0.2, -0.15) is 0 Å². The number of ether oxygens (including phenoxy) is 2. The van der Waals surface area contributed by atoms with Gasteiger partial charge in [-0.05, 0) is 63.0 Å². The van der Waals surface area contributed by atoms with E-state index in [4.69, 9.17) is 9.47 Å². The van der Waals surface area contributed by atoms with Crippen LogP contribution in [0.1, 0.15) is 81.8 Å². The van der Waals surface area contributed by atoms with E-state index in [2.05, 4.69) is 15.4 Å². The van der Waals surface area contributed by atoms with E-state index in [0.29, 0.717) is 43.5 Å². The maximum Gasteiger partial charge on any atom is 0.410 e. The fourth-order valence-electron chi connectivity index (χ4n) is 7.71. The second kappa shape index (κ2) is 14.2. The highest BCUT2D eigenvalue weighted by atomic mass is 32.2. The zero-order valence-corrected chi connectivity index (χ0v) is 28.9. The lowest BCUT2D eigenvalue weighted by Crippen LogP contribution is -2.58. The summed E-state index contributed by atoms with van der Waals surface area (Å²) in [5.74, 6) is -2.53. The summed E-state index contributed by atoms with van der Waals surface area (Å²) < 4.78 is 53.8. The minimum atomic E-state index is -3.87. The lowest BCUT2D eigenvalue weighted by Gasteiger charge is -2.30. The molecule has 4 aliphatic heterocycles. The third-order valence-corrected chi connectivity index (χ3v) is 12.7. The molecule has 7 rings (SSSR count). The Morgan fingerprint density at radius 1 is 1.08 bits per heavy atom. The average Bonchev–Trinajstić information content (AvgIpc) is 3.85. The normalized spacial score (nSPS) is 32.2. The lowest BCUT2D eigenvalue weighted by atomic mass is 10.0. The van der Waals surface area contributed by atoms with Crippen molar-refractivity contribution in [3.8, 4) is 0 Å². The topological polar surface area (TPSA) is 163 Å². The fraction of sp³-hybridized carbons (Fsp3) is 0.657. The van der Waals surface area contributed by atoms with Gasteiger partial charge in [0.15, 0.2) is 0 Å². The predicted molar refractivity (Wildman–Crippen MR) is 178 cm³/mol. The molecule has 2 saturated heterocycles. The summed E-state index contributed by atoms with van der Waals surface area (Å²) in [4.78, 5) is 58.3. The van der Waals surface area contributed by atoms with Crippen LogP contribution in [0.3, 0.4) is 0 Å². The molecular formula is C35H46FN5O8S. The van der Waals surface area contributed by atoms with Crippen molar-refractivity contribution in [3.63, 3.8) is 0 Å². The number of halogens is 1. The molecule has 2 saturated carbocycles. The molecule has 1 aromatic rings. The van der Waals surface area contributed by atoms with Gasteiger partial charge < -0.3 is 25.0 Å². The van der Waals surface area contributed by atoms with E-state index in [1.807, 2.05) is 12.2 Å². The Labute approximate surface area is 291 Å². The molecule has 13 nitrogen and oxygen atoms in total. The second-order valence-electron chi connectivity index (χ2n) is 14.6. The van der Waals surface area contributed by atoms with E-state index < -0.39 is 68.6 Å². The number of fused-ring (bicyclic) bond motifs is 3. The summed E-state index contributed by atoms with van der Waals surface area (Å²) in [6.07, 6.45) is 9.10. The van der Waals surface area contributed by atoms with E-state index in [9.17, 15) is 32.0 Å². The van der Waals surface area contributed by atoms with Crippen LogP contribution in [-0.2, 0) is 47.0 Å². The van der Waals surface area contributed by atoms with Gasteiger partial charge in [-0.3, -0.25) is 24.0 Å². The fourth-order valence-corrected chi connectivity index (χ4v) is 9.07. The first-order chi connectivity index (χ1) is 24.0. The van der Waals surface area contributed by atoms with E-state index in [0.717, 1.165) is 38.5 Å². The molecule has 6 aliphatic rings. The molecule has 50 heavy (non-hydrogen) atoms. The van der Waals surface area contributed by atoms with Gasteiger partial charge in [-0.15, -0.1) is 0 Å². The summed E-state index contributed by atoms with van der Waals surface area (Å²) in [7, 11) is -3.87. The first-order valence-electron chi connectivity index (χ1n) is 18.0. The number of carbonyl (C=O) groups is 4. The Balaban J connectivity index is 1.12. The van der Waals surface area contributed by atoms with Crippen LogP contribution < -0.4 is 15.4 Å². The van der Waals surface area contributed by atoms with Crippen LogP contribution in [0.2, 0.25) is 0 Å². The van der Waals surface area contributed by atoms with Crippen molar-refractivity contribution in [2.45, 2.75) is 119 Å². The maximum atomic E-state index is 14.4. The number of nitrogens with zero attached hydrogens (tertiary/aromatic N) is 2. The van der Waals surface area contributed by atoms with Crippen LogP contribution >= 0.6 is 0 Å². The minimum Gasteiger partial charge on any atom is -0.444 e. The smallest absolute Gasteiger partial charge is 0.410 e. The second-order valence-corrected chi connectivity index (χ2v) is 16.6. The van der Waals surface area contributed by atoms with E-state index in [-0.39, 0.29) is 44.5 Å². The number of rotatable bonds is 7. The van der Waals surface area contributed by atoms with Gasteiger partial charge in [0.2, 0.25) is 21.8 Å². The summed E-state index contributed by atoms with van der Waals surface area (Å²) >= 11 is 0. The Bertz CT molecular complexity index is 1650. The Morgan fingerprint density at radius 2 is 1.92 bits per heavy atom. The summed E-state index contributed by atoms with van der Waals surface area (Å²) in [5, 5.41) is 5.63. The number of benzene rings is 1. The summed E-state index contributed by atoms with van der Waals surface area (Å²) in [5.41, 5.74) is -0.364. The number of amides is 4. The minimum absolute atomic E-state index is 0.0116. The van der Waals surface area contributed by atoms with Crippen molar-refractivity contribution in [2.75, 3.05) is 19.7 Å². The van der Waals surface area contributed by atoms with Crippen molar-refractivity contribution in [1.29, 1.82) is 0 Å². The molecule has 1 aromatic carbocycles. The lowest BCUT2D eigenvalue weighted by molar-refractivity contribution is -0.141. The highest BCUT2D eigenvalue weighted by Crippen LogP contribution is 2.46. The van der Waals surface area contributed by atoms with Crippen molar-refractivity contribution >= 4 is 33.8 Å². The van der Waals surface area contributed by atoms with Crippen molar-refractivity contribution in [3.05, 3.63) is 47.3 Å². The first-order valence-corrected chi connectivity index (χ1v) is 19.5. The standard InChI is InChI=1S/C35H46FN5O8S/c36-28-11-6-8-22-19-40(21-27(22)28)34(45)49-25-16-30-31(42)38-35(33(44)39-50(46,47)26-13-14-26)17-23(35)9-4-2-1-3-5-12-29(32(43)41(30)20-25)37-18-24-10-7-15-48-24/h4,6,8-9,11,23-26,29-30,37H,1-3,5,7,10,12-21H2,(H,38,42)(H,39,44)/b9-4-/t23-,24?,25-,29+,30+,35-/m1/s1. The predicted octanol–water partition coefficient (Wildman–Crippen LogP) is 2.39. The summed E-state index contributed by atoms with van der Waals surface area (Å²) in [6.45, 7) is 1.33. The highest BCUT2D eigenvalue weighted by molar-refractivity contribution is 7.91. The summed E-state index contributed by atoms with van der Waals surface area (Å²) in [6, 6.07) is 2.99. The molecule has 0 radical (unpaired) electrons. The van der Waals surface area contributed by atoms with E-state index >= 15 is 0 Å². The number of nitrogens with one attached hydrogen (secondary N) is 3. The molecule has 4 heterocycles. The quantitative estimate of drug-likeness (QED) is 0.360. The molecular weight excluding hydrogens is 669 g/mol. The van der Waals surface area contributed by atoms with Crippen LogP contribution in [0.4, 0.5) is 9.18 Å². The number of carbonyl (C=O) groups excluding carboxylic acids is 4. The number of hydrogen-bond donors (Lipinski definition) is 3. The van der Waals surface area contributed by atoms with Gasteiger partial charge in [-0.25, -0.2) is 17.6 Å². The third kappa shape index (κ3) is 7.40. The van der Waals surface area contributed by atoms with Gasteiger partial charge >= 0.3 is 6.09 Å². The molecule has 0 aromatic heterocycles. The molecule has 0 bridgehead atoms. The number of sulfonamides is 1. The zero-order chi connectivity index (χ0) is 35.0. The monoisotopic (exact) mass is 715 g/mol. The average molecular weight is 716 g/mol. The van der Waals surface area contributed by atoms with Crippen LogP contribution in [-0.4, -0.2) is 96.8 Å². The van der Waals surface area contributed by atoms with Crippen LogP contribution in [0.15, 0.2) is 30.4 Å². The highest BCUT2D eigenvalue weighted by Gasteiger charge is 2.62. The van der Waals surface area contributed by atoms with E-state index in [1.165, 1.54) is 15.9 Å². The molecule has 1 unspecified atom stereocenters. The van der Waals surface area contributed by atoms with Crippen molar-refractivity contribution in [1.82, 2.24) is 25.2 Å². The third-order valence-electron chi connectivity index (χ3n) is 10.9. The van der Waals surface area contributed by atoms with Crippen LogP contribution in [0.5, 0.6) is 0 Å². The molecule has 4 amide bonds. The molecule has 2 aliphatic carbocycles. The van der Waals surface area contributed by atoms with Gasteiger partial charge in [0.05, 0.1) is 30.5 Å². The molecule has 3 N–H and O–H groups in total. The first kappa shape index (κ1) is 34.9. The van der Waals surface area contributed by atoms with E-state index in [1.54, 1.807) is 12.1 Å².